The minimum atomic E-state index is 0.154. The van der Waals surface area contributed by atoms with E-state index in [1.54, 1.807) is 0 Å². The van der Waals surface area contributed by atoms with Crippen LogP contribution in [0.5, 0.6) is 0 Å². The normalized spacial score (nSPS) is 20.1. The van der Waals surface area contributed by atoms with Gasteiger partial charge in [0.2, 0.25) is 5.91 Å². The first-order valence-electron chi connectivity index (χ1n) is 12.1. The number of aryl methyl sites for hydroxylation is 1. The molecule has 32 heavy (non-hydrogen) atoms. The Morgan fingerprint density at radius 2 is 1.75 bits per heavy atom. The molecule has 1 amide bonds. The van der Waals surface area contributed by atoms with Crippen LogP contribution < -0.4 is 9.80 Å². The molecule has 0 spiro atoms. The van der Waals surface area contributed by atoms with Gasteiger partial charge in [-0.3, -0.25) is 9.69 Å². The number of amides is 1. The number of piperazine rings is 1. The molecule has 2 saturated heterocycles. The first-order chi connectivity index (χ1) is 15.7. The van der Waals surface area contributed by atoms with Gasteiger partial charge in [0.1, 0.15) is 5.82 Å². The van der Waals surface area contributed by atoms with Gasteiger partial charge in [-0.15, -0.1) is 0 Å². The largest absolute Gasteiger partial charge is 0.356 e. The molecule has 0 unspecified atom stereocenters. The van der Waals surface area contributed by atoms with Crippen LogP contribution in [0.25, 0.3) is 11.4 Å². The summed E-state index contributed by atoms with van der Waals surface area (Å²) in [6.45, 7) is 7.96. The molecule has 4 heterocycles. The lowest BCUT2D eigenvalue weighted by atomic mass is 10.1. The molecule has 0 N–H and O–H groups in total. The Morgan fingerprint density at radius 1 is 0.938 bits per heavy atom. The van der Waals surface area contributed by atoms with E-state index in [1.165, 1.54) is 50.9 Å². The van der Waals surface area contributed by atoms with Crippen molar-refractivity contribution < 1.29 is 4.79 Å². The zero-order valence-electron chi connectivity index (χ0n) is 19.2. The van der Waals surface area contributed by atoms with Crippen LogP contribution in [0.15, 0.2) is 30.5 Å². The predicted octanol–water partition coefficient (Wildman–Crippen LogP) is 2.66. The number of likely N-dealkylation sites (tertiary alicyclic amines) is 1. The third-order valence-corrected chi connectivity index (χ3v) is 6.97. The van der Waals surface area contributed by atoms with Crippen LogP contribution >= 0.6 is 0 Å². The van der Waals surface area contributed by atoms with E-state index in [0.29, 0.717) is 6.54 Å². The highest BCUT2D eigenvalue weighted by Gasteiger charge is 2.23. The molecule has 2 fully saturated rings. The van der Waals surface area contributed by atoms with E-state index in [0.717, 1.165) is 55.5 Å². The van der Waals surface area contributed by atoms with Gasteiger partial charge in [0.25, 0.3) is 0 Å². The third-order valence-electron chi connectivity index (χ3n) is 6.97. The second-order valence-electron chi connectivity index (χ2n) is 9.37. The quantitative estimate of drug-likeness (QED) is 0.697. The average Bonchev–Trinajstić information content (AvgIpc) is 3.33. The van der Waals surface area contributed by atoms with Crippen molar-refractivity contribution in [3.05, 3.63) is 36.0 Å². The molecular weight excluding hydrogens is 400 g/mol. The van der Waals surface area contributed by atoms with Gasteiger partial charge in [0.15, 0.2) is 5.82 Å². The molecule has 0 aliphatic carbocycles. The maximum absolute atomic E-state index is 12.4. The summed E-state index contributed by atoms with van der Waals surface area (Å²) in [5.74, 6) is 2.04. The monoisotopic (exact) mass is 434 g/mol. The Balaban J connectivity index is 1.28. The standard InChI is InChI=1S/C25H34N6O/c1-28-16-17-31(23(32)19-28)22-9-7-20(8-10-22)24-26-18-21-6-4-14-30(25(21)27-24)15-5-13-29-11-2-3-12-29/h7-10,18H,2-6,11-17,19H2,1H3. The lowest BCUT2D eigenvalue weighted by Crippen LogP contribution is -2.48. The van der Waals surface area contributed by atoms with Gasteiger partial charge >= 0.3 is 0 Å². The number of hydrogen-bond donors (Lipinski definition) is 0. The smallest absolute Gasteiger partial charge is 0.241 e. The first-order valence-corrected chi connectivity index (χ1v) is 12.1. The minimum Gasteiger partial charge on any atom is -0.356 e. The molecule has 0 bridgehead atoms. The number of fused-ring (bicyclic) bond motifs is 1. The summed E-state index contributed by atoms with van der Waals surface area (Å²) in [6.07, 6.45) is 8.14. The van der Waals surface area contributed by atoms with Crippen LogP contribution in [-0.2, 0) is 11.2 Å². The average molecular weight is 435 g/mol. The second-order valence-corrected chi connectivity index (χ2v) is 9.37. The Labute approximate surface area is 191 Å². The third kappa shape index (κ3) is 4.64. The fraction of sp³-hybridized carbons (Fsp3) is 0.560. The summed E-state index contributed by atoms with van der Waals surface area (Å²) in [5, 5.41) is 0. The highest BCUT2D eigenvalue weighted by Crippen LogP contribution is 2.28. The van der Waals surface area contributed by atoms with Gasteiger partial charge in [-0.25, -0.2) is 9.97 Å². The van der Waals surface area contributed by atoms with Gasteiger partial charge < -0.3 is 14.7 Å². The van der Waals surface area contributed by atoms with Crippen molar-refractivity contribution in [3.8, 4) is 11.4 Å². The summed E-state index contributed by atoms with van der Waals surface area (Å²) in [4.78, 5) is 31.0. The summed E-state index contributed by atoms with van der Waals surface area (Å²) in [7, 11) is 1.99. The molecule has 3 aliphatic heterocycles. The Kier molecular flexibility index (Phi) is 6.37. The Morgan fingerprint density at radius 3 is 2.53 bits per heavy atom. The van der Waals surface area contributed by atoms with E-state index in [1.807, 2.05) is 42.4 Å². The molecule has 0 atom stereocenters. The number of carbonyl (C=O) groups excluding carboxylic acids is 1. The van der Waals surface area contributed by atoms with Crippen LogP contribution in [0.1, 0.15) is 31.2 Å². The molecule has 0 saturated carbocycles. The number of likely N-dealkylation sites (N-methyl/N-ethyl adjacent to an activating group) is 1. The van der Waals surface area contributed by atoms with Gasteiger partial charge in [0.05, 0.1) is 6.54 Å². The van der Waals surface area contributed by atoms with Crippen molar-refractivity contribution in [1.82, 2.24) is 19.8 Å². The lowest BCUT2D eigenvalue weighted by molar-refractivity contribution is -0.120. The Hall–Kier alpha value is -2.51. The van der Waals surface area contributed by atoms with Gasteiger partial charge in [-0.1, -0.05) is 0 Å². The van der Waals surface area contributed by atoms with E-state index in [9.17, 15) is 4.79 Å². The number of rotatable bonds is 6. The first kappa shape index (κ1) is 21.3. The molecule has 170 valence electrons. The summed E-state index contributed by atoms with van der Waals surface area (Å²) >= 11 is 0. The van der Waals surface area contributed by atoms with Crippen LogP contribution in [0.4, 0.5) is 11.5 Å². The van der Waals surface area contributed by atoms with Crippen molar-refractivity contribution in [3.63, 3.8) is 0 Å². The highest BCUT2D eigenvalue weighted by molar-refractivity contribution is 5.95. The molecule has 2 aromatic rings. The van der Waals surface area contributed by atoms with Crippen LogP contribution in [0, 0.1) is 0 Å². The van der Waals surface area contributed by atoms with E-state index in [4.69, 9.17) is 4.98 Å². The van der Waals surface area contributed by atoms with Crippen molar-refractivity contribution in [2.45, 2.75) is 32.1 Å². The second kappa shape index (κ2) is 9.55. The predicted molar refractivity (Wildman–Crippen MR) is 128 cm³/mol. The topological polar surface area (TPSA) is 55.8 Å². The molecule has 7 nitrogen and oxygen atoms in total. The number of nitrogens with zero attached hydrogens (tertiary/aromatic N) is 6. The zero-order valence-corrected chi connectivity index (χ0v) is 19.2. The van der Waals surface area contributed by atoms with Gasteiger partial charge in [-0.05, 0) is 83.1 Å². The molecule has 7 heteroatoms. The maximum atomic E-state index is 12.4. The number of carbonyl (C=O) groups is 1. The molecule has 3 aliphatic rings. The maximum Gasteiger partial charge on any atom is 0.241 e. The van der Waals surface area contributed by atoms with E-state index in [2.05, 4.69) is 19.7 Å². The minimum absolute atomic E-state index is 0.154. The van der Waals surface area contributed by atoms with Crippen molar-refractivity contribution in [1.29, 1.82) is 0 Å². The lowest BCUT2D eigenvalue weighted by Gasteiger charge is -2.32. The molecule has 0 radical (unpaired) electrons. The number of hydrogen-bond acceptors (Lipinski definition) is 6. The van der Waals surface area contributed by atoms with E-state index in [-0.39, 0.29) is 5.91 Å². The van der Waals surface area contributed by atoms with Crippen molar-refractivity contribution >= 4 is 17.4 Å². The van der Waals surface area contributed by atoms with E-state index >= 15 is 0 Å². The zero-order chi connectivity index (χ0) is 21.9. The number of aromatic nitrogens is 2. The van der Waals surface area contributed by atoms with Crippen molar-refractivity contribution in [2.24, 2.45) is 0 Å². The van der Waals surface area contributed by atoms with Crippen LogP contribution in [0.3, 0.4) is 0 Å². The molecular formula is C25H34N6O. The summed E-state index contributed by atoms with van der Waals surface area (Å²) in [6, 6.07) is 8.14. The molecule has 5 rings (SSSR count). The fourth-order valence-electron chi connectivity index (χ4n) is 5.12. The Bertz CT molecular complexity index is 940. The molecule has 1 aromatic carbocycles. The van der Waals surface area contributed by atoms with E-state index < -0.39 is 0 Å². The fourth-order valence-corrected chi connectivity index (χ4v) is 5.12. The number of anilines is 2. The summed E-state index contributed by atoms with van der Waals surface area (Å²) < 4.78 is 0. The SMILES string of the molecule is CN1CCN(c2ccc(-c3ncc4c(n3)N(CCCN3CCCC3)CCC4)cc2)C(=O)C1. The van der Waals surface area contributed by atoms with Crippen LogP contribution in [0.2, 0.25) is 0 Å². The highest BCUT2D eigenvalue weighted by atomic mass is 16.2. The van der Waals surface area contributed by atoms with Gasteiger partial charge in [-0.2, -0.15) is 0 Å². The van der Waals surface area contributed by atoms with Gasteiger partial charge in [0, 0.05) is 49.2 Å². The summed E-state index contributed by atoms with van der Waals surface area (Å²) in [5.41, 5.74) is 3.22. The number of benzene rings is 1. The van der Waals surface area contributed by atoms with Crippen LogP contribution in [-0.4, -0.2) is 85.1 Å². The molecule has 1 aromatic heterocycles. The van der Waals surface area contributed by atoms with Crippen molar-refractivity contribution in [2.75, 3.05) is 69.2 Å².